The summed E-state index contributed by atoms with van der Waals surface area (Å²) in [4.78, 5) is 20.0. The molecule has 1 N–H and O–H groups in total. The van der Waals surface area contributed by atoms with E-state index < -0.39 is 11.4 Å². The van der Waals surface area contributed by atoms with Crippen LogP contribution in [0.1, 0.15) is 25.1 Å². The molecule has 0 amide bonds. The smallest absolute Gasteiger partial charge is 0.312 e. The van der Waals surface area contributed by atoms with Gasteiger partial charge in [-0.25, -0.2) is 9.97 Å². The topological polar surface area (TPSA) is 72.3 Å². The lowest BCUT2D eigenvalue weighted by Crippen LogP contribution is -2.42. The quantitative estimate of drug-likeness (QED) is 0.869. The number of rotatable bonds is 4. The lowest BCUT2D eigenvalue weighted by atomic mass is 9.76. The average Bonchev–Trinajstić information content (AvgIpc) is 3.12. The van der Waals surface area contributed by atoms with Gasteiger partial charge >= 0.3 is 5.97 Å². The van der Waals surface area contributed by atoms with E-state index in [1.54, 1.807) is 18.5 Å². The van der Waals surface area contributed by atoms with Crippen molar-refractivity contribution in [3.8, 4) is 0 Å². The van der Waals surface area contributed by atoms with E-state index in [2.05, 4.69) is 9.97 Å². The summed E-state index contributed by atoms with van der Waals surface area (Å²) in [5.41, 5.74) is -0.831. The molecule has 0 aromatic carbocycles. The third kappa shape index (κ3) is 1.88. The maximum atomic E-state index is 11.7. The number of hydrogen-bond donors (Lipinski definition) is 1. The maximum Gasteiger partial charge on any atom is 0.312 e. The molecule has 18 heavy (non-hydrogen) atoms. The number of carboxylic acid groups (broad SMARTS) is 1. The summed E-state index contributed by atoms with van der Waals surface area (Å²) in [6, 6.07) is 1.74. The molecule has 1 aromatic heterocycles. The Morgan fingerprint density at radius 2 is 2.17 bits per heavy atom. The molecule has 0 spiro atoms. The second-order valence-electron chi connectivity index (χ2n) is 5.18. The molecule has 3 rings (SSSR count). The van der Waals surface area contributed by atoms with Crippen LogP contribution >= 0.6 is 0 Å². The van der Waals surface area contributed by atoms with Gasteiger partial charge in [0.25, 0.3) is 0 Å². The first-order chi connectivity index (χ1) is 8.72. The van der Waals surface area contributed by atoms with Crippen LogP contribution in [0.15, 0.2) is 18.5 Å². The van der Waals surface area contributed by atoms with Crippen LogP contribution < -0.4 is 0 Å². The predicted molar refractivity (Wildman–Crippen MR) is 62.9 cm³/mol. The molecular formula is C13H16N2O3. The summed E-state index contributed by atoms with van der Waals surface area (Å²) >= 11 is 0. The highest BCUT2D eigenvalue weighted by molar-refractivity contribution is 5.76. The Bertz CT molecular complexity index is 447. The molecule has 1 aliphatic carbocycles. The molecule has 0 radical (unpaired) electrons. The second kappa shape index (κ2) is 4.31. The fraction of sp³-hybridized carbons (Fsp3) is 0.615. The Morgan fingerprint density at radius 3 is 2.78 bits per heavy atom. The van der Waals surface area contributed by atoms with Crippen molar-refractivity contribution in [3.63, 3.8) is 0 Å². The molecule has 1 aliphatic heterocycles. The summed E-state index contributed by atoms with van der Waals surface area (Å²) in [7, 11) is 0. The van der Waals surface area contributed by atoms with Crippen LogP contribution in [0.5, 0.6) is 0 Å². The van der Waals surface area contributed by atoms with Gasteiger partial charge in [-0.15, -0.1) is 0 Å². The van der Waals surface area contributed by atoms with E-state index in [9.17, 15) is 9.90 Å². The molecule has 96 valence electrons. The Labute approximate surface area is 105 Å². The number of carboxylic acids is 1. The number of nitrogens with zero attached hydrogens (tertiary/aromatic N) is 2. The molecule has 2 fully saturated rings. The third-order valence-corrected chi connectivity index (χ3v) is 3.96. The molecule has 1 saturated heterocycles. The van der Waals surface area contributed by atoms with Gasteiger partial charge in [-0.05, 0) is 31.2 Å². The molecule has 5 nitrogen and oxygen atoms in total. The average molecular weight is 248 g/mol. The normalized spacial score (nSPS) is 31.4. The van der Waals surface area contributed by atoms with Gasteiger partial charge in [0.15, 0.2) is 0 Å². The molecular weight excluding hydrogens is 232 g/mol. The molecule has 2 heterocycles. The van der Waals surface area contributed by atoms with Crippen molar-refractivity contribution in [2.75, 3.05) is 6.61 Å². The molecule has 5 heteroatoms. The highest BCUT2D eigenvalue weighted by Gasteiger charge is 2.56. The fourth-order valence-electron chi connectivity index (χ4n) is 2.85. The van der Waals surface area contributed by atoms with Crippen LogP contribution in [-0.2, 0) is 16.0 Å². The summed E-state index contributed by atoms with van der Waals surface area (Å²) < 4.78 is 5.69. The van der Waals surface area contributed by atoms with E-state index in [4.69, 9.17) is 4.74 Å². The first-order valence-corrected chi connectivity index (χ1v) is 6.33. The SMILES string of the molecule is O=C(O)C1(Cc2ncccn2)CCOC1C1CC1. The van der Waals surface area contributed by atoms with Gasteiger partial charge in [0, 0.05) is 25.4 Å². The maximum absolute atomic E-state index is 11.7. The van der Waals surface area contributed by atoms with Gasteiger partial charge in [0.1, 0.15) is 11.2 Å². The zero-order valence-electron chi connectivity index (χ0n) is 10.1. The Morgan fingerprint density at radius 1 is 1.44 bits per heavy atom. The largest absolute Gasteiger partial charge is 0.481 e. The zero-order valence-corrected chi connectivity index (χ0v) is 10.1. The van der Waals surface area contributed by atoms with Crippen molar-refractivity contribution < 1.29 is 14.6 Å². The van der Waals surface area contributed by atoms with Crippen LogP contribution in [0.4, 0.5) is 0 Å². The van der Waals surface area contributed by atoms with Crippen LogP contribution in [0, 0.1) is 11.3 Å². The summed E-state index contributed by atoms with van der Waals surface area (Å²) in [6.07, 6.45) is 6.22. The van der Waals surface area contributed by atoms with Crippen LogP contribution in [0.25, 0.3) is 0 Å². The minimum absolute atomic E-state index is 0.168. The fourth-order valence-corrected chi connectivity index (χ4v) is 2.85. The lowest BCUT2D eigenvalue weighted by molar-refractivity contribution is -0.153. The van der Waals surface area contributed by atoms with Crippen molar-refractivity contribution in [1.29, 1.82) is 0 Å². The van der Waals surface area contributed by atoms with E-state index in [1.165, 1.54) is 0 Å². The van der Waals surface area contributed by atoms with Crippen molar-refractivity contribution in [3.05, 3.63) is 24.3 Å². The van der Waals surface area contributed by atoms with Gasteiger partial charge in [0.2, 0.25) is 0 Å². The first-order valence-electron chi connectivity index (χ1n) is 6.33. The Hall–Kier alpha value is -1.49. The summed E-state index contributed by atoms with van der Waals surface area (Å²) in [6.45, 7) is 0.528. The van der Waals surface area contributed by atoms with E-state index >= 15 is 0 Å². The summed E-state index contributed by atoms with van der Waals surface area (Å²) in [5, 5.41) is 9.64. The number of ether oxygens (including phenoxy) is 1. The lowest BCUT2D eigenvalue weighted by Gasteiger charge is -2.29. The van der Waals surface area contributed by atoms with Crippen molar-refractivity contribution in [2.45, 2.75) is 31.8 Å². The second-order valence-corrected chi connectivity index (χ2v) is 5.18. The Balaban J connectivity index is 1.89. The molecule has 2 unspecified atom stereocenters. The van der Waals surface area contributed by atoms with Crippen molar-refractivity contribution in [2.24, 2.45) is 11.3 Å². The van der Waals surface area contributed by atoms with Crippen molar-refractivity contribution in [1.82, 2.24) is 9.97 Å². The number of carbonyl (C=O) groups is 1. The number of aromatic nitrogens is 2. The van der Waals surface area contributed by atoms with Gasteiger partial charge in [-0.2, -0.15) is 0 Å². The van der Waals surface area contributed by atoms with Crippen molar-refractivity contribution >= 4 is 5.97 Å². The first kappa shape index (κ1) is 11.6. The van der Waals surface area contributed by atoms with Gasteiger partial charge in [-0.1, -0.05) is 0 Å². The highest BCUT2D eigenvalue weighted by Crippen LogP contribution is 2.49. The molecule has 1 saturated carbocycles. The van der Waals surface area contributed by atoms with Crippen LogP contribution in [0.2, 0.25) is 0 Å². The van der Waals surface area contributed by atoms with Gasteiger partial charge in [-0.3, -0.25) is 4.79 Å². The number of aliphatic carboxylic acids is 1. The van der Waals surface area contributed by atoms with Gasteiger partial charge in [0.05, 0.1) is 6.10 Å². The van der Waals surface area contributed by atoms with E-state index in [0.717, 1.165) is 12.8 Å². The molecule has 2 atom stereocenters. The van der Waals surface area contributed by atoms with Crippen LogP contribution in [-0.4, -0.2) is 33.8 Å². The van der Waals surface area contributed by atoms with E-state index in [1.807, 2.05) is 0 Å². The van der Waals surface area contributed by atoms with Crippen LogP contribution in [0.3, 0.4) is 0 Å². The highest BCUT2D eigenvalue weighted by atomic mass is 16.5. The minimum Gasteiger partial charge on any atom is -0.481 e. The monoisotopic (exact) mass is 248 g/mol. The molecule has 2 aliphatic rings. The standard InChI is InChI=1S/C13H16N2O3/c16-12(17)13(8-10-14-5-1-6-15-10)4-7-18-11(13)9-2-3-9/h1,5-6,9,11H,2-4,7-8H2,(H,16,17). The number of hydrogen-bond acceptors (Lipinski definition) is 4. The van der Waals surface area contributed by atoms with Gasteiger partial charge < -0.3 is 9.84 Å². The van der Waals surface area contributed by atoms with E-state index in [-0.39, 0.29) is 6.10 Å². The molecule has 0 bridgehead atoms. The Kier molecular flexibility index (Phi) is 2.78. The minimum atomic E-state index is -0.831. The summed E-state index contributed by atoms with van der Waals surface area (Å²) in [5.74, 6) is 0.229. The van der Waals surface area contributed by atoms with E-state index in [0.29, 0.717) is 31.2 Å². The zero-order chi connectivity index (χ0) is 12.6. The predicted octanol–water partition coefficient (Wildman–Crippen LogP) is 1.29. The molecule has 1 aromatic rings. The third-order valence-electron chi connectivity index (χ3n) is 3.96.